The van der Waals surface area contributed by atoms with Crippen LogP contribution in [0.4, 0.5) is 4.39 Å². The molecule has 144 valence electrons. The average molecular weight is 372 g/mol. The van der Waals surface area contributed by atoms with Crippen LogP contribution >= 0.6 is 0 Å². The van der Waals surface area contributed by atoms with Gasteiger partial charge in [-0.3, -0.25) is 4.79 Å². The lowest BCUT2D eigenvalue weighted by molar-refractivity contribution is 0.0592. The quantitative estimate of drug-likeness (QED) is 0.695. The Hall–Kier alpha value is -2.76. The number of ether oxygens (including phenoxy) is 1. The lowest BCUT2D eigenvalue weighted by Crippen LogP contribution is -2.45. The molecule has 0 fully saturated rings. The minimum atomic E-state index is -0.584. The zero-order valence-corrected chi connectivity index (χ0v) is 16.1. The van der Waals surface area contributed by atoms with Gasteiger partial charge in [-0.05, 0) is 49.1 Å². The van der Waals surface area contributed by atoms with E-state index in [1.165, 1.54) is 25.3 Å². The van der Waals surface area contributed by atoms with Crippen molar-refractivity contribution in [2.45, 2.75) is 33.2 Å². The fraction of sp³-hybridized carbons (Fsp3) is 0.381. The maximum Gasteiger partial charge on any atom is 0.356 e. The lowest BCUT2D eigenvalue weighted by atomic mass is 9.94. The standard InChI is InChI=1S/C21H25FN2O3/c1-5-24(19(14(2)3)13-15-9-11-16(22)12-10-15)20(25)17-7-6-8-18(23-17)21(26)27-4/h6-12,14,19H,5,13H2,1-4H3/t19-/m1/s1. The van der Waals surface area contributed by atoms with Crippen molar-refractivity contribution in [2.24, 2.45) is 5.92 Å². The molecule has 27 heavy (non-hydrogen) atoms. The number of hydrogen-bond donors (Lipinski definition) is 0. The highest BCUT2D eigenvalue weighted by Gasteiger charge is 2.27. The van der Waals surface area contributed by atoms with Crippen LogP contribution in [-0.2, 0) is 11.2 Å². The van der Waals surface area contributed by atoms with Gasteiger partial charge in [0.2, 0.25) is 0 Å². The summed E-state index contributed by atoms with van der Waals surface area (Å²) in [5, 5.41) is 0. The molecule has 5 nitrogen and oxygen atoms in total. The first kappa shape index (κ1) is 20.6. The third-order valence-corrected chi connectivity index (χ3v) is 4.49. The normalized spacial score (nSPS) is 11.9. The minimum absolute atomic E-state index is 0.0865. The van der Waals surface area contributed by atoms with E-state index in [0.717, 1.165) is 5.56 Å². The first-order chi connectivity index (χ1) is 12.9. The molecule has 1 heterocycles. The summed E-state index contributed by atoms with van der Waals surface area (Å²) < 4.78 is 17.9. The van der Waals surface area contributed by atoms with Crippen molar-refractivity contribution in [2.75, 3.05) is 13.7 Å². The highest BCUT2D eigenvalue weighted by atomic mass is 19.1. The van der Waals surface area contributed by atoms with Crippen LogP contribution < -0.4 is 0 Å². The first-order valence-electron chi connectivity index (χ1n) is 8.98. The number of rotatable bonds is 7. The van der Waals surface area contributed by atoms with Crippen LogP contribution in [0.25, 0.3) is 0 Å². The molecule has 0 bridgehead atoms. The van der Waals surface area contributed by atoms with Gasteiger partial charge in [-0.15, -0.1) is 0 Å². The molecular weight excluding hydrogens is 347 g/mol. The minimum Gasteiger partial charge on any atom is -0.464 e. The number of hydrogen-bond acceptors (Lipinski definition) is 4. The number of esters is 1. The number of halogens is 1. The number of methoxy groups -OCH3 is 1. The highest BCUT2D eigenvalue weighted by Crippen LogP contribution is 2.19. The van der Waals surface area contributed by atoms with E-state index in [1.54, 1.807) is 29.2 Å². The summed E-state index contributed by atoms with van der Waals surface area (Å²) in [5.41, 5.74) is 1.25. The molecule has 0 N–H and O–H groups in total. The second-order valence-corrected chi connectivity index (χ2v) is 6.63. The summed E-state index contributed by atoms with van der Waals surface area (Å²) in [6, 6.07) is 10.9. The fourth-order valence-electron chi connectivity index (χ4n) is 3.02. The Morgan fingerprint density at radius 2 is 1.74 bits per heavy atom. The Bertz CT molecular complexity index is 790. The van der Waals surface area contributed by atoms with E-state index in [1.807, 2.05) is 20.8 Å². The Kier molecular flexibility index (Phi) is 7.05. The highest BCUT2D eigenvalue weighted by molar-refractivity contribution is 5.94. The number of aromatic nitrogens is 1. The van der Waals surface area contributed by atoms with Crippen LogP contribution in [0.3, 0.4) is 0 Å². The van der Waals surface area contributed by atoms with Crippen molar-refractivity contribution in [1.82, 2.24) is 9.88 Å². The molecule has 0 aliphatic heterocycles. The van der Waals surface area contributed by atoms with Crippen LogP contribution in [0.15, 0.2) is 42.5 Å². The van der Waals surface area contributed by atoms with Gasteiger partial charge in [0.05, 0.1) is 7.11 Å². The third kappa shape index (κ3) is 5.12. The second kappa shape index (κ2) is 9.26. The molecule has 1 aromatic carbocycles. The van der Waals surface area contributed by atoms with E-state index >= 15 is 0 Å². The molecule has 0 spiro atoms. The molecule has 0 unspecified atom stereocenters. The number of likely N-dealkylation sites (N-methyl/N-ethyl adjacent to an activating group) is 1. The molecule has 0 aliphatic rings. The number of amides is 1. The molecule has 2 aromatic rings. The van der Waals surface area contributed by atoms with E-state index in [9.17, 15) is 14.0 Å². The maximum atomic E-state index is 13.2. The average Bonchev–Trinajstić information content (AvgIpc) is 2.68. The molecule has 0 radical (unpaired) electrons. The topological polar surface area (TPSA) is 59.5 Å². The van der Waals surface area contributed by atoms with Crippen LogP contribution in [0.2, 0.25) is 0 Å². The van der Waals surface area contributed by atoms with E-state index in [-0.39, 0.29) is 35.1 Å². The summed E-state index contributed by atoms with van der Waals surface area (Å²) in [6.07, 6.45) is 0.605. The SMILES string of the molecule is CCN(C(=O)c1cccc(C(=O)OC)n1)[C@H](Cc1ccc(F)cc1)C(C)C. The van der Waals surface area contributed by atoms with Crippen molar-refractivity contribution in [1.29, 1.82) is 0 Å². The largest absolute Gasteiger partial charge is 0.464 e. The number of carbonyl (C=O) groups excluding carboxylic acids is 2. The summed E-state index contributed by atoms with van der Waals surface area (Å²) in [4.78, 5) is 30.7. The zero-order valence-electron chi connectivity index (χ0n) is 16.1. The van der Waals surface area contributed by atoms with Crippen LogP contribution in [0.5, 0.6) is 0 Å². The second-order valence-electron chi connectivity index (χ2n) is 6.63. The summed E-state index contributed by atoms with van der Waals surface area (Å²) in [7, 11) is 1.27. The first-order valence-corrected chi connectivity index (χ1v) is 8.98. The van der Waals surface area contributed by atoms with E-state index in [0.29, 0.717) is 13.0 Å². The molecule has 0 saturated heterocycles. The van der Waals surface area contributed by atoms with Gasteiger partial charge in [-0.2, -0.15) is 0 Å². The van der Waals surface area contributed by atoms with Crippen LogP contribution in [0.1, 0.15) is 47.3 Å². The number of pyridine rings is 1. The smallest absolute Gasteiger partial charge is 0.356 e. The fourth-order valence-corrected chi connectivity index (χ4v) is 3.02. The van der Waals surface area contributed by atoms with Gasteiger partial charge in [0.15, 0.2) is 0 Å². The number of benzene rings is 1. The Balaban J connectivity index is 2.29. The van der Waals surface area contributed by atoms with Crippen LogP contribution in [0, 0.1) is 11.7 Å². The monoisotopic (exact) mass is 372 g/mol. The van der Waals surface area contributed by atoms with Gasteiger partial charge < -0.3 is 9.64 Å². The van der Waals surface area contributed by atoms with Crippen molar-refractivity contribution < 1.29 is 18.7 Å². The molecule has 2 rings (SSSR count). The molecule has 6 heteroatoms. The molecule has 0 saturated carbocycles. The molecule has 1 aromatic heterocycles. The third-order valence-electron chi connectivity index (χ3n) is 4.49. The van der Waals surface area contributed by atoms with E-state index in [4.69, 9.17) is 0 Å². The summed E-state index contributed by atoms with van der Waals surface area (Å²) in [6.45, 7) is 6.49. The van der Waals surface area contributed by atoms with Gasteiger partial charge in [-0.1, -0.05) is 32.0 Å². The van der Waals surface area contributed by atoms with Crippen molar-refractivity contribution in [3.63, 3.8) is 0 Å². The number of nitrogens with zero attached hydrogens (tertiary/aromatic N) is 2. The zero-order chi connectivity index (χ0) is 20.0. The molecular formula is C21H25FN2O3. The lowest BCUT2D eigenvalue weighted by Gasteiger charge is -2.34. The van der Waals surface area contributed by atoms with Gasteiger partial charge in [0.25, 0.3) is 5.91 Å². The van der Waals surface area contributed by atoms with E-state index in [2.05, 4.69) is 9.72 Å². The Morgan fingerprint density at radius 3 is 2.30 bits per heavy atom. The molecule has 0 aliphatic carbocycles. The Labute approximate surface area is 159 Å². The molecule has 1 atom stereocenters. The molecule has 1 amide bonds. The maximum absolute atomic E-state index is 13.2. The summed E-state index contributed by atoms with van der Waals surface area (Å²) >= 11 is 0. The van der Waals surface area contributed by atoms with Gasteiger partial charge >= 0.3 is 5.97 Å². The van der Waals surface area contributed by atoms with Crippen molar-refractivity contribution >= 4 is 11.9 Å². The predicted molar refractivity (Wildman–Crippen MR) is 101 cm³/mol. The number of carbonyl (C=O) groups is 2. The summed E-state index contributed by atoms with van der Waals surface area (Å²) in [5.74, 6) is -0.932. The van der Waals surface area contributed by atoms with Gasteiger partial charge in [0, 0.05) is 12.6 Å². The van der Waals surface area contributed by atoms with Gasteiger partial charge in [0.1, 0.15) is 17.2 Å². The van der Waals surface area contributed by atoms with Gasteiger partial charge in [-0.25, -0.2) is 14.2 Å². The van der Waals surface area contributed by atoms with Crippen molar-refractivity contribution in [3.05, 3.63) is 65.2 Å². The van der Waals surface area contributed by atoms with Crippen molar-refractivity contribution in [3.8, 4) is 0 Å². The Morgan fingerprint density at radius 1 is 1.11 bits per heavy atom. The predicted octanol–water partition coefficient (Wildman–Crippen LogP) is 3.74. The van der Waals surface area contributed by atoms with Crippen LogP contribution in [-0.4, -0.2) is 41.5 Å². The van der Waals surface area contributed by atoms with E-state index < -0.39 is 5.97 Å².